The second-order valence-corrected chi connectivity index (χ2v) is 8.63. The third kappa shape index (κ3) is 4.79. The van der Waals surface area contributed by atoms with E-state index >= 15 is 0 Å². The van der Waals surface area contributed by atoms with Gasteiger partial charge in [-0.05, 0) is 50.5 Å². The highest BCUT2D eigenvalue weighted by atomic mass is 32.2. The summed E-state index contributed by atoms with van der Waals surface area (Å²) in [6.45, 7) is 3.15. The molecule has 0 unspecified atom stereocenters. The third-order valence-corrected chi connectivity index (χ3v) is 6.36. The Kier molecular flexibility index (Phi) is 6.35. The molecular formula is C17H23FN2O5S. The van der Waals surface area contributed by atoms with Crippen molar-refractivity contribution in [3.05, 3.63) is 35.1 Å². The van der Waals surface area contributed by atoms with Crippen LogP contribution in [-0.2, 0) is 14.8 Å². The molecular weight excluding hydrogens is 363 g/mol. The van der Waals surface area contributed by atoms with Crippen LogP contribution in [0.5, 0.6) is 0 Å². The summed E-state index contributed by atoms with van der Waals surface area (Å²) in [5.41, 5.74) is 0.653. The fraction of sp³-hybridized carbons (Fsp3) is 0.529. The summed E-state index contributed by atoms with van der Waals surface area (Å²) < 4.78 is 38.9. The van der Waals surface area contributed by atoms with Gasteiger partial charge in [0.15, 0.2) is 0 Å². The Morgan fingerprint density at radius 1 is 1.27 bits per heavy atom. The minimum Gasteiger partial charge on any atom is -0.480 e. The van der Waals surface area contributed by atoms with Gasteiger partial charge in [0.05, 0.1) is 5.75 Å². The number of carboxylic acid groups (broad SMARTS) is 1. The Morgan fingerprint density at radius 3 is 2.38 bits per heavy atom. The normalized spacial score (nSPS) is 16.4. The molecule has 0 atom stereocenters. The number of hydrogen-bond acceptors (Lipinski definition) is 4. The number of carbonyl (C=O) groups excluding carboxylic acids is 1. The molecule has 1 saturated heterocycles. The summed E-state index contributed by atoms with van der Waals surface area (Å²) in [7, 11) is -3.31. The molecule has 2 rings (SSSR count). The minimum absolute atomic E-state index is 0.00198. The Hall–Kier alpha value is -2.00. The van der Waals surface area contributed by atoms with Crippen LogP contribution in [0.2, 0.25) is 0 Å². The highest BCUT2D eigenvalue weighted by Crippen LogP contribution is 2.22. The van der Waals surface area contributed by atoms with Crippen molar-refractivity contribution in [2.24, 2.45) is 0 Å². The number of sulfonamides is 1. The third-order valence-electron chi connectivity index (χ3n) is 4.48. The Bertz CT molecular complexity index is 768. The molecule has 1 aromatic carbocycles. The van der Waals surface area contributed by atoms with Crippen LogP contribution in [0.4, 0.5) is 4.39 Å². The van der Waals surface area contributed by atoms with Crippen molar-refractivity contribution in [2.45, 2.75) is 32.7 Å². The van der Waals surface area contributed by atoms with E-state index in [2.05, 4.69) is 0 Å². The SMILES string of the molecule is CCS(=O)(=O)N1CCC(N(CC(=O)O)C(=O)c2cc(C)cc(F)c2)CC1. The molecule has 0 spiro atoms. The molecule has 1 aliphatic heterocycles. The summed E-state index contributed by atoms with van der Waals surface area (Å²) in [4.78, 5) is 25.2. The van der Waals surface area contributed by atoms with Crippen LogP contribution in [0.25, 0.3) is 0 Å². The van der Waals surface area contributed by atoms with Gasteiger partial charge in [-0.2, -0.15) is 0 Å². The van der Waals surface area contributed by atoms with E-state index in [1.807, 2.05) is 0 Å². The summed E-state index contributed by atoms with van der Waals surface area (Å²) in [6.07, 6.45) is 0.680. The van der Waals surface area contributed by atoms with E-state index in [-0.39, 0.29) is 24.4 Å². The molecule has 9 heteroatoms. The number of carbonyl (C=O) groups is 2. The molecule has 1 amide bonds. The van der Waals surface area contributed by atoms with Crippen LogP contribution in [0.1, 0.15) is 35.7 Å². The lowest BCUT2D eigenvalue weighted by Crippen LogP contribution is -2.50. The molecule has 1 N–H and O–H groups in total. The molecule has 0 saturated carbocycles. The Labute approximate surface area is 152 Å². The fourth-order valence-corrected chi connectivity index (χ4v) is 4.28. The number of nitrogens with zero attached hydrogens (tertiary/aromatic N) is 2. The summed E-state index contributed by atoms with van der Waals surface area (Å²) in [6, 6.07) is 3.47. The molecule has 1 fully saturated rings. The highest BCUT2D eigenvalue weighted by molar-refractivity contribution is 7.89. The van der Waals surface area contributed by atoms with E-state index in [0.29, 0.717) is 18.4 Å². The van der Waals surface area contributed by atoms with Gasteiger partial charge in [-0.1, -0.05) is 0 Å². The first-order valence-corrected chi connectivity index (χ1v) is 10.0. The van der Waals surface area contributed by atoms with Crippen LogP contribution in [-0.4, -0.2) is 66.0 Å². The van der Waals surface area contributed by atoms with Gasteiger partial charge < -0.3 is 10.0 Å². The van der Waals surface area contributed by atoms with Gasteiger partial charge in [0.1, 0.15) is 12.4 Å². The van der Waals surface area contributed by atoms with E-state index in [1.165, 1.54) is 21.3 Å². The first-order chi connectivity index (χ1) is 12.1. The van der Waals surface area contributed by atoms with Crippen LogP contribution in [0.15, 0.2) is 18.2 Å². The standard InChI is InChI=1S/C17H23FN2O5S/c1-3-26(24,25)19-6-4-15(5-7-19)20(11-16(21)22)17(23)13-8-12(2)9-14(18)10-13/h8-10,15H,3-7,11H2,1-2H3,(H,21,22). The van der Waals surface area contributed by atoms with E-state index in [4.69, 9.17) is 5.11 Å². The average molecular weight is 386 g/mol. The molecule has 0 aromatic heterocycles. The molecule has 1 aromatic rings. The molecule has 1 heterocycles. The number of hydrogen-bond donors (Lipinski definition) is 1. The fourth-order valence-electron chi connectivity index (χ4n) is 3.15. The van der Waals surface area contributed by atoms with Crippen molar-refractivity contribution in [1.82, 2.24) is 9.21 Å². The predicted octanol–water partition coefficient (Wildman–Crippen LogP) is 1.48. The zero-order valence-corrected chi connectivity index (χ0v) is 15.6. The molecule has 0 radical (unpaired) electrons. The summed E-state index contributed by atoms with van der Waals surface area (Å²) in [5, 5.41) is 9.16. The molecule has 0 aliphatic carbocycles. The van der Waals surface area contributed by atoms with Gasteiger partial charge in [-0.25, -0.2) is 17.1 Å². The number of amides is 1. The lowest BCUT2D eigenvalue weighted by molar-refractivity contribution is -0.138. The minimum atomic E-state index is -3.31. The summed E-state index contributed by atoms with van der Waals surface area (Å²) in [5.74, 6) is -2.30. The molecule has 7 nitrogen and oxygen atoms in total. The largest absolute Gasteiger partial charge is 0.480 e. The number of carboxylic acids is 1. The van der Waals surface area contributed by atoms with Crippen molar-refractivity contribution in [3.8, 4) is 0 Å². The van der Waals surface area contributed by atoms with E-state index in [1.54, 1.807) is 13.8 Å². The first-order valence-electron chi connectivity index (χ1n) is 8.42. The van der Waals surface area contributed by atoms with Gasteiger partial charge in [0.25, 0.3) is 5.91 Å². The van der Waals surface area contributed by atoms with E-state index < -0.39 is 40.3 Å². The Balaban J connectivity index is 2.20. The van der Waals surface area contributed by atoms with Gasteiger partial charge in [0.2, 0.25) is 10.0 Å². The van der Waals surface area contributed by atoms with Crippen LogP contribution < -0.4 is 0 Å². The highest BCUT2D eigenvalue weighted by Gasteiger charge is 2.33. The lowest BCUT2D eigenvalue weighted by Gasteiger charge is -2.37. The quantitative estimate of drug-likeness (QED) is 0.799. The van der Waals surface area contributed by atoms with Crippen LogP contribution in [0, 0.1) is 12.7 Å². The smallest absolute Gasteiger partial charge is 0.323 e. The van der Waals surface area contributed by atoms with Crippen LogP contribution >= 0.6 is 0 Å². The number of piperidine rings is 1. The topological polar surface area (TPSA) is 95.0 Å². The van der Waals surface area contributed by atoms with Crippen molar-refractivity contribution in [2.75, 3.05) is 25.4 Å². The maximum atomic E-state index is 13.6. The molecule has 1 aliphatic rings. The number of halogens is 1. The number of aryl methyl sites for hydroxylation is 1. The van der Waals surface area contributed by atoms with Gasteiger partial charge in [-0.15, -0.1) is 0 Å². The zero-order valence-electron chi connectivity index (χ0n) is 14.8. The monoisotopic (exact) mass is 386 g/mol. The lowest BCUT2D eigenvalue weighted by atomic mass is 10.0. The van der Waals surface area contributed by atoms with Gasteiger partial charge >= 0.3 is 5.97 Å². The predicted molar refractivity (Wildman–Crippen MR) is 93.9 cm³/mol. The first kappa shape index (κ1) is 20.3. The van der Waals surface area contributed by atoms with Crippen molar-refractivity contribution in [3.63, 3.8) is 0 Å². The molecule has 144 valence electrons. The van der Waals surface area contributed by atoms with Crippen molar-refractivity contribution in [1.29, 1.82) is 0 Å². The number of benzene rings is 1. The average Bonchev–Trinajstić information content (AvgIpc) is 2.58. The number of aliphatic carboxylic acids is 1. The zero-order chi connectivity index (χ0) is 19.5. The van der Waals surface area contributed by atoms with Gasteiger partial charge in [0, 0.05) is 24.7 Å². The van der Waals surface area contributed by atoms with Gasteiger partial charge in [-0.3, -0.25) is 9.59 Å². The van der Waals surface area contributed by atoms with Crippen LogP contribution in [0.3, 0.4) is 0 Å². The summed E-state index contributed by atoms with van der Waals surface area (Å²) >= 11 is 0. The second-order valence-electron chi connectivity index (χ2n) is 6.37. The van der Waals surface area contributed by atoms with E-state index in [0.717, 1.165) is 6.07 Å². The maximum absolute atomic E-state index is 13.6. The molecule has 0 bridgehead atoms. The van der Waals surface area contributed by atoms with Crippen molar-refractivity contribution < 1.29 is 27.5 Å². The molecule has 26 heavy (non-hydrogen) atoms. The Morgan fingerprint density at radius 2 is 1.88 bits per heavy atom. The second kappa shape index (κ2) is 8.13. The number of rotatable bonds is 6. The maximum Gasteiger partial charge on any atom is 0.323 e. The van der Waals surface area contributed by atoms with Crippen molar-refractivity contribution >= 4 is 21.9 Å². The van der Waals surface area contributed by atoms with E-state index in [9.17, 15) is 22.4 Å².